The van der Waals surface area contributed by atoms with Crippen LogP contribution in [0.1, 0.15) is 18.3 Å². The smallest absolute Gasteiger partial charge is 0.165 e. The van der Waals surface area contributed by atoms with E-state index in [9.17, 15) is 0 Å². The molecule has 0 fully saturated rings. The minimum absolute atomic E-state index is 0.507. The number of hydrogen-bond donors (Lipinski definition) is 1. The molecular formula is C16H16N4. The Labute approximate surface area is 117 Å². The molecule has 2 N–H and O–H groups in total. The Morgan fingerprint density at radius 1 is 1.10 bits per heavy atom. The van der Waals surface area contributed by atoms with Gasteiger partial charge in [0.2, 0.25) is 0 Å². The largest absolute Gasteiger partial charge is 0.383 e. The molecule has 0 aliphatic rings. The van der Waals surface area contributed by atoms with Crippen LogP contribution in [-0.4, -0.2) is 15.0 Å². The molecule has 3 rings (SSSR count). The molecule has 0 amide bonds. The molecule has 0 atom stereocenters. The highest BCUT2D eigenvalue weighted by atomic mass is 15.0. The van der Waals surface area contributed by atoms with Gasteiger partial charge in [-0.2, -0.15) is 0 Å². The van der Waals surface area contributed by atoms with Gasteiger partial charge in [-0.1, -0.05) is 31.2 Å². The van der Waals surface area contributed by atoms with Crippen molar-refractivity contribution in [1.82, 2.24) is 15.0 Å². The van der Waals surface area contributed by atoms with Crippen molar-refractivity contribution in [3.63, 3.8) is 0 Å². The van der Waals surface area contributed by atoms with Gasteiger partial charge in [-0.25, -0.2) is 15.0 Å². The topological polar surface area (TPSA) is 64.7 Å². The summed E-state index contributed by atoms with van der Waals surface area (Å²) in [7, 11) is 0. The van der Waals surface area contributed by atoms with E-state index in [1.165, 1.54) is 5.56 Å². The van der Waals surface area contributed by atoms with Crippen molar-refractivity contribution in [2.45, 2.75) is 20.3 Å². The molecule has 0 aliphatic carbocycles. The summed E-state index contributed by atoms with van der Waals surface area (Å²) < 4.78 is 0. The normalized spacial score (nSPS) is 10.9. The summed E-state index contributed by atoms with van der Waals surface area (Å²) in [6, 6.07) is 10.1. The van der Waals surface area contributed by atoms with Gasteiger partial charge in [-0.05, 0) is 24.1 Å². The Morgan fingerprint density at radius 3 is 2.65 bits per heavy atom. The van der Waals surface area contributed by atoms with Gasteiger partial charge in [0.05, 0.1) is 0 Å². The van der Waals surface area contributed by atoms with Gasteiger partial charge >= 0.3 is 0 Å². The van der Waals surface area contributed by atoms with Crippen molar-refractivity contribution in [1.29, 1.82) is 0 Å². The third-order valence-electron chi connectivity index (χ3n) is 3.40. The summed E-state index contributed by atoms with van der Waals surface area (Å²) in [5.41, 5.74) is 9.97. The van der Waals surface area contributed by atoms with Crippen LogP contribution in [0.4, 0.5) is 5.82 Å². The van der Waals surface area contributed by atoms with Crippen LogP contribution < -0.4 is 5.73 Å². The van der Waals surface area contributed by atoms with Gasteiger partial charge in [0.15, 0.2) is 5.65 Å². The van der Waals surface area contributed by atoms with Crippen LogP contribution in [0.2, 0.25) is 0 Å². The summed E-state index contributed by atoms with van der Waals surface area (Å²) in [6.45, 7) is 4.09. The van der Waals surface area contributed by atoms with Crippen LogP contribution in [-0.2, 0) is 6.42 Å². The number of nitrogens with zero attached hydrogens (tertiary/aromatic N) is 3. The molecule has 4 heteroatoms. The summed E-state index contributed by atoms with van der Waals surface area (Å²) in [4.78, 5) is 13.2. The van der Waals surface area contributed by atoms with Gasteiger partial charge in [0.1, 0.15) is 11.6 Å². The fourth-order valence-electron chi connectivity index (χ4n) is 2.27. The lowest BCUT2D eigenvalue weighted by Gasteiger charge is -2.09. The van der Waals surface area contributed by atoms with Gasteiger partial charge in [0.25, 0.3) is 0 Å². The second-order valence-electron chi connectivity index (χ2n) is 4.79. The van der Waals surface area contributed by atoms with E-state index in [0.29, 0.717) is 11.5 Å². The first-order chi connectivity index (χ1) is 9.69. The third kappa shape index (κ3) is 2.09. The van der Waals surface area contributed by atoms with Gasteiger partial charge < -0.3 is 5.73 Å². The fourth-order valence-corrected chi connectivity index (χ4v) is 2.27. The number of pyridine rings is 1. The standard InChI is InChI=1S/C16H16N4/c1-3-14-18-9-11-8-13(15(17)20-16(11)19-14)12-7-5-4-6-10(12)2/h4-9H,3H2,1-2H3,(H2,17,18,19,20). The third-order valence-corrected chi connectivity index (χ3v) is 3.40. The van der Waals surface area contributed by atoms with Crippen molar-refractivity contribution >= 4 is 16.9 Å². The molecular weight excluding hydrogens is 248 g/mol. The Balaban J connectivity index is 2.23. The Hall–Kier alpha value is -2.49. The molecule has 3 aromatic rings. The Kier molecular flexibility index (Phi) is 3.06. The number of fused-ring (bicyclic) bond motifs is 1. The first-order valence-electron chi connectivity index (χ1n) is 6.67. The molecule has 100 valence electrons. The zero-order chi connectivity index (χ0) is 14.1. The molecule has 0 bridgehead atoms. The van der Waals surface area contributed by atoms with Gasteiger partial charge in [0, 0.05) is 23.6 Å². The zero-order valence-electron chi connectivity index (χ0n) is 11.6. The molecule has 0 saturated carbocycles. The molecule has 2 heterocycles. The first kappa shape index (κ1) is 12.5. The fraction of sp³-hybridized carbons (Fsp3) is 0.188. The maximum Gasteiger partial charge on any atom is 0.165 e. The Morgan fingerprint density at radius 2 is 1.90 bits per heavy atom. The zero-order valence-corrected chi connectivity index (χ0v) is 11.6. The number of nitrogens with two attached hydrogens (primary N) is 1. The lowest BCUT2D eigenvalue weighted by molar-refractivity contribution is 0.954. The van der Waals surface area contributed by atoms with E-state index >= 15 is 0 Å². The van der Waals surface area contributed by atoms with E-state index < -0.39 is 0 Å². The highest BCUT2D eigenvalue weighted by molar-refractivity contribution is 5.87. The van der Waals surface area contributed by atoms with Crippen molar-refractivity contribution in [2.24, 2.45) is 0 Å². The summed E-state index contributed by atoms with van der Waals surface area (Å²) in [6.07, 6.45) is 2.60. The second kappa shape index (κ2) is 4.89. The van der Waals surface area contributed by atoms with E-state index in [4.69, 9.17) is 5.73 Å². The SMILES string of the molecule is CCc1ncc2cc(-c3ccccc3C)c(N)nc2n1. The summed E-state index contributed by atoms with van der Waals surface area (Å²) in [5.74, 6) is 1.29. The molecule has 4 nitrogen and oxygen atoms in total. The lowest BCUT2D eigenvalue weighted by Crippen LogP contribution is -2.00. The average molecular weight is 264 g/mol. The average Bonchev–Trinajstić information content (AvgIpc) is 2.47. The van der Waals surface area contributed by atoms with Crippen LogP contribution in [0.3, 0.4) is 0 Å². The Bertz CT molecular complexity index is 781. The van der Waals surface area contributed by atoms with Crippen LogP contribution in [0.15, 0.2) is 36.5 Å². The van der Waals surface area contributed by atoms with Crippen LogP contribution in [0.5, 0.6) is 0 Å². The lowest BCUT2D eigenvalue weighted by atomic mass is 10.0. The van der Waals surface area contributed by atoms with Crippen LogP contribution in [0.25, 0.3) is 22.2 Å². The number of anilines is 1. The number of aromatic nitrogens is 3. The molecule has 2 aromatic heterocycles. The van der Waals surface area contributed by atoms with E-state index in [0.717, 1.165) is 28.8 Å². The maximum atomic E-state index is 6.11. The summed E-state index contributed by atoms with van der Waals surface area (Å²) >= 11 is 0. The van der Waals surface area contributed by atoms with E-state index in [-0.39, 0.29) is 0 Å². The van der Waals surface area contributed by atoms with E-state index in [2.05, 4.69) is 34.0 Å². The van der Waals surface area contributed by atoms with Crippen molar-refractivity contribution in [2.75, 3.05) is 5.73 Å². The summed E-state index contributed by atoms with van der Waals surface area (Å²) in [5, 5.41) is 0.912. The van der Waals surface area contributed by atoms with E-state index in [1.807, 2.05) is 31.3 Å². The predicted molar refractivity (Wildman–Crippen MR) is 81.3 cm³/mol. The van der Waals surface area contributed by atoms with E-state index in [1.54, 1.807) is 0 Å². The van der Waals surface area contributed by atoms with Crippen LogP contribution in [0, 0.1) is 6.92 Å². The van der Waals surface area contributed by atoms with Gasteiger partial charge in [-0.3, -0.25) is 0 Å². The van der Waals surface area contributed by atoms with Crippen molar-refractivity contribution in [3.05, 3.63) is 47.9 Å². The highest BCUT2D eigenvalue weighted by Crippen LogP contribution is 2.29. The number of hydrogen-bond acceptors (Lipinski definition) is 4. The molecule has 0 unspecified atom stereocenters. The van der Waals surface area contributed by atoms with Crippen molar-refractivity contribution in [3.8, 4) is 11.1 Å². The quantitative estimate of drug-likeness (QED) is 0.772. The van der Waals surface area contributed by atoms with Crippen molar-refractivity contribution < 1.29 is 0 Å². The second-order valence-corrected chi connectivity index (χ2v) is 4.79. The minimum atomic E-state index is 0.507. The molecule has 0 aliphatic heterocycles. The predicted octanol–water partition coefficient (Wildman–Crippen LogP) is 3.14. The molecule has 0 spiro atoms. The number of rotatable bonds is 2. The molecule has 0 saturated heterocycles. The highest BCUT2D eigenvalue weighted by Gasteiger charge is 2.10. The number of benzene rings is 1. The molecule has 1 aromatic carbocycles. The monoisotopic (exact) mass is 264 g/mol. The maximum absolute atomic E-state index is 6.11. The van der Waals surface area contributed by atoms with Crippen LogP contribution >= 0.6 is 0 Å². The van der Waals surface area contributed by atoms with Gasteiger partial charge in [-0.15, -0.1) is 0 Å². The minimum Gasteiger partial charge on any atom is -0.383 e. The molecule has 20 heavy (non-hydrogen) atoms. The molecule has 0 radical (unpaired) electrons. The number of aryl methyl sites for hydroxylation is 2. The first-order valence-corrected chi connectivity index (χ1v) is 6.67. The number of nitrogen functional groups attached to an aromatic ring is 1.